The topological polar surface area (TPSA) is 41.1 Å². The van der Waals surface area contributed by atoms with Crippen molar-refractivity contribution in [1.82, 2.24) is 10.6 Å². The third-order valence-electron chi connectivity index (χ3n) is 3.53. The number of hydrogen-bond acceptors (Lipinski definition) is 2. The minimum Gasteiger partial charge on any atom is -0.340 e. The molecule has 0 aromatic carbocycles. The van der Waals surface area contributed by atoms with Crippen molar-refractivity contribution in [3.63, 3.8) is 0 Å². The van der Waals surface area contributed by atoms with Gasteiger partial charge in [-0.25, -0.2) is 0 Å². The maximum absolute atomic E-state index is 12.3. The molecule has 3 nitrogen and oxygen atoms in total. The lowest BCUT2D eigenvalue weighted by Crippen LogP contribution is -2.52. The minimum atomic E-state index is -0.568. The van der Waals surface area contributed by atoms with Crippen LogP contribution >= 0.6 is 0 Å². The van der Waals surface area contributed by atoms with Crippen molar-refractivity contribution in [2.75, 3.05) is 13.1 Å². The molecule has 1 heterocycles. The second-order valence-corrected chi connectivity index (χ2v) is 5.46. The SMILES string of the molecule is C#CC(C)(C)NC(=O)C1(C(C)C)CCNC1. The summed E-state index contributed by atoms with van der Waals surface area (Å²) in [5, 5.41) is 6.22. The van der Waals surface area contributed by atoms with Gasteiger partial charge in [0.1, 0.15) is 0 Å². The monoisotopic (exact) mass is 222 g/mol. The molecule has 1 aliphatic heterocycles. The highest BCUT2D eigenvalue weighted by Gasteiger charge is 2.44. The molecule has 0 aromatic rings. The maximum atomic E-state index is 12.3. The summed E-state index contributed by atoms with van der Waals surface area (Å²) in [7, 11) is 0. The van der Waals surface area contributed by atoms with Crippen molar-refractivity contribution in [3.05, 3.63) is 0 Å². The average Bonchev–Trinajstić information content (AvgIpc) is 2.66. The summed E-state index contributed by atoms with van der Waals surface area (Å²) in [6.07, 6.45) is 6.28. The Morgan fingerprint density at radius 1 is 1.56 bits per heavy atom. The summed E-state index contributed by atoms with van der Waals surface area (Å²) >= 11 is 0. The van der Waals surface area contributed by atoms with Gasteiger partial charge >= 0.3 is 0 Å². The zero-order valence-electron chi connectivity index (χ0n) is 10.7. The predicted molar refractivity (Wildman–Crippen MR) is 65.8 cm³/mol. The standard InChI is InChI=1S/C13H22N2O/c1-6-12(4,5)15-11(16)13(10(2)3)7-8-14-9-13/h1,10,14H,7-9H2,2-5H3,(H,15,16). The second-order valence-electron chi connectivity index (χ2n) is 5.46. The van der Waals surface area contributed by atoms with Gasteiger partial charge in [-0.1, -0.05) is 19.8 Å². The summed E-state index contributed by atoms with van der Waals surface area (Å²) in [6, 6.07) is 0. The average molecular weight is 222 g/mol. The van der Waals surface area contributed by atoms with E-state index in [9.17, 15) is 4.79 Å². The Kier molecular flexibility index (Phi) is 3.64. The van der Waals surface area contributed by atoms with Gasteiger partial charge in [-0.2, -0.15) is 0 Å². The lowest BCUT2D eigenvalue weighted by molar-refractivity contribution is -0.133. The Hall–Kier alpha value is -1.01. The van der Waals surface area contributed by atoms with Gasteiger partial charge in [-0.15, -0.1) is 6.42 Å². The van der Waals surface area contributed by atoms with Crippen LogP contribution in [0.4, 0.5) is 0 Å². The van der Waals surface area contributed by atoms with Crippen LogP contribution in [-0.2, 0) is 4.79 Å². The lowest BCUT2D eigenvalue weighted by atomic mass is 9.75. The molecule has 0 radical (unpaired) electrons. The fraction of sp³-hybridized carbons (Fsp3) is 0.769. The first kappa shape index (κ1) is 13.1. The zero-order valence-corrected chi connectivity index (χ0v) is 10.7. The summed E-state index contributed by atoms with van der Waals surface area (Å²) in [5.74, 6) is 2.99. The molecule has 1 fully saturated rings. The quantitative estimate of drug-likeness (QED) is 0.703. The van der Waals surface area contributed by atoms with Gasteiger partial charge < -0.3 is 10.6 Å². The van der Waals surface area contributed by atoms with Crippen molar-refractivity contribution in [1.29, 1.82) is 0 Å². The molecule has 0 bridgehead atoms. The number of carbonyl (C=O) groups excluding carboxylic acids is 1. The van der Waals surface area contributed by atoms with Gasteiger partial charge in [0.15, 0.2) is 0 Å². The third kappa shape index (κ3) is 2.38. The summed E-state index contributed by atoms with van der Waals surface area (Å²) < 4.78 is 0. The molecule has 0 saturated carbocycles. The molecular weight excluding hydrogens is 200 g/mol. The number of terminal acetylenes is 1. The minimum absolute atomic E-state index is 0.0791. The molecule has 1 amide bonds. The lowest BCUT2D eigenvalue weighted by Gasteiger charge is -2.34. The first-order chi connectivity index (χ1) is 7.34. The van der Waals surface area contributed by atoms with E-state index in [1.165, 1.54) is 0 Å². The highest BCUT2D eigenvalue weighted by molar-refractivity contribution is 5.84. The Morgan fingerprint density at radius 3 is 2.56 bits per heavy atom. The number of hydrogen-bond donors (Lipinski definition) is 2. The highest BCUT2D eigenvalue weighted by Crippen LogP contribution is 2.34. The molecule has 0 aliphatic carbocycles. The van der Waals surface area contributed by atoms with E-state index >= 15 is 0 Å². The predicted octanol–water partition coefficient (Wildman–Crippen LogP) is 1.15. The van der Waals surface area contributed by atoms with E-state index < -0.39 is 5.54 Å². The number of carbonyl (C=O) groups is 1. The van der Waals surface area contributed by atoms with Crippen LogP contribution in [0.25, 0.3) is 0 Å². The molecule has 1 unspecified atom stereocenters. The number of rotatable bonds is 3. The smallest absolute Gasteiger partial charge is 0.228 e. The number of nitrogens with one attached hydrogen (secondary N) is 2. The van der Waals surface area contributed by atoms with Crippen molar-refractivity contribution < 1.29 is 4.79 Å². The first-order valence-electron chi connectivity index (χ1n) is 5.85. The van der Waals surface area contributed by atoms with Crippen LogP contribution in [0.3, 0.4) is 0 Å². The van der Waals surface area contributed by atoms with Gasteiger partial charge in [-0.05, 0) is 32.7 Å². The number of amides is 1. The molecule has 2 N–H and O–H groups in total. The summed E-state index contributed by atoms with van der Waals surface area (Å²) in [5.41, 5.74) is -0.865. The summed E-state index contributed by atoms with van der Waals surface area (Å²) in [6.45, 7) is 9.53. The van der Waals surface area contributed by atoms with E-state index in [0.717, 1.165) is 19.5 Å². The fourth-order valence-corrected chi connectivity index (χ4v) is 2.10. The van der Waals surface area contributed by atoms with Gasteiger partial charge in [-0.3, -0.25) is 4.79 Å². The van der Waals surface area contributed by atoms with E-state index in [4.69, 9.17) is 6.42 Å². The van der Waals surface area contributed by atoms with Gasteiger partial charge in [0.05, 0.1) is 11.0 Å². The summed E-state index contributed by atoms with van der Waals surface area (Å²) in [4.78, 5) is 12.3. The van der Waals surface area contributed by atoms with Crippen LogP contribution in [0.5, 0.6) is 0 Å². The molecule has 1 saturated heterocycles. The first-order valence-corrected chi connectivity index (χ1v) is 5.85. The van der Waals surface area contributed by atoms with E-state index in [0.29, 0.717) is 5.92 Å². The van der Waals surface area contributed by atoms with Gasteiger partial charge in [0.2, 0.25) is 5.91 Å². The molecule has 1 rings (SSSR count). The van der Waals surface area contributed by atoms with Crippen LogP contribution in [0, 0.1) is 23.7 Å². The van der Waals surface area contributed by atoms with Crippen molar-refractivity contribution >= 4 is 5.91 Å². The fourth-order valence-electron chi connectivity index (χ4n) is 2.10. The Labute approximate surface area is 98.4 Å². The van der Waals surface area contributed by atoms with Crippen LogP contribution in [0.15, 0.2) is 0 Å². The molecule has 90 valence electrons. The Morgan fingerprint density at radius 2 is 2.19 bits per heavy atom. The maximum Gasteiger partial charge on any atom is 0.228 e. The molecule has 1 atom stereocenters. The van der Waals surface area contributed by atoms with Crippen molar-refractivity contribution in [2.45, 2.75) is 39.7 Å². The van der Waals surface area contributed by atoms with E-state index in [-0.39, 0.29) is 11.3 Å². The molecular formula is C13H22N2O. The normalized spacial score (nSPS) is 25.5. The van der Waals surface area contributed by atoms with Crippen LogP contribution < -0.4 is 10.6 Å². The molecule has 3 heteroatoms. The van der Waals surface area contributed by atoms with E-state index in [2.05, 4.69) is 30.4 Å². The van der Waals surface area contributed by atoms with E-state index in [1.807, 2.05) is 13.8 Å². The molecule has 0 spiro atoms. The van der Waals surface area contributed by atoms with Crippen LogP contribution in [-0.4, -0.2) is 24.5 Å². The largest absolute Gasteiger partial charge is 0.340 e. The second kappa shape index (κ2) is 4.47. The third-order valence-corrected chi connectivity index (χ3v) is 3.53. The Bertz CT molecular complexity index is 306. The van der Waals surface area contributed by atoms with Gasteiger partial charge in [0, 0.05) is 6.54 Å². The van der Waals surface area contributed by atoms with Crippen molar-refractivity contribution in [3.8, 4) is 12.3 Å². The van der Waals surface area contributed by atoms with E-state index in [1.54, 1.807) is 0 Å². The molecule has 16 heavy (non-hydrogen) atoms. The zero-order chi connectivity index (χ0) is 12.4. The molecule has 1 aliphatic rings. The molecule has 0 aromatic heterocycles. The van der Waals surface area contributed by atoms with Crippen LogP contribution in [0.1, 0.15) is 34.1 Å². The highest BCUT2D eigenvalue weighted by atomic mass is 16.2. The van der Waals surface area contributed by atoms with Gasteiger partial charge in [0.25, 0.3) is 0 Å². The van der Waals surface area contributed by atoms with Crippen LogP contribution in [0.2, 0.25) is 0 Å². The Balaban J connectivity index is 2.82. The van der Waals surface area contributed by atoms with Crippen molar-refractivity contribution in [2.24, 2.45) is 11.3 Å².